The Morgan fingerprint density at radius 2 is 2.10 bits per heavy atom. The third-order valence-electron chi connectivity index (χ3n) is 3.24. The first-order chi connectivity index (χ1) is 9.88. The standard InChI is InChI=1S/C14H21N5OS/c1-8(2)19-7-15-18-14(19)10(4)17-13(20)6-12-9(3)16-11(5)21-12/h7-8,10H,6H2,1-5H3,(H,17,20)/t10-/m0/s1. The molecule has 0 aliphatic carbocycles. The summed E-state index contributed by atoms with van der Waals surface area (Å²) in [4.78, 5) is 17.5. The number of rotatable bonds is 5. The molecule has 0 bridgehead atoms. The first-order valence-corrected chi connectivity index (χ1v) is 7.81. The van der Waals surface area contributed by atoms with Gasteiger partial charge in [-0.05, 0) is 34.6 Å². The van der Waals surface area contributed by atoms with Gasteiger partial charge in [-0.2, -0.15) is 0 Å². The summed E-state index contributed by atoms with van der Waals surface area (Å²) in [5.41, 5.74) is 0.936. The zero-order valence-electron chi connectivity index (χ0n) is 13.0. The van der Waals surface area contributed by atoms with Crippen molar-refractivity contribution in [1.29, 1.82) is 0 Å². The summed E-state index contributed by atoms with van der Waals surface area (Å²) in [5.74, 6) is 0.753. The third-order valence-corrected chi connectivity index (χ3v) is 4.32. The minimum absolute atomic E-state index is 0.0208. The highest BCUT2D eigenvalue weighted by Crippen LogP contribution is 2.19. The molecule has 0 aliphatic heterocycles. The molecule has 21 heavy (non-hydrogen) atoms. The summed E-state index contributed by atoms with van der Waals surface area (Å²) >= 11 is 1.57. The van der Waals surface area contributed by atoms with E-state index in [2.05, 4.69) is 34.3 Å². The largest absolute Gasteiger partial charge is 0.346 e. The van der Waals surface area contributed by atoms with Gasteiger partial charge < -0.3 is 9.88 Å². The third kappa shape index (κ3) is 3.66. The van der Waals surface area contributed by atoms with Crippen molar-refractivity contribution >= 4 is 17.2 Å². The van der Waals surface area contributed by atoms with Gasteiger partial charge >= 0.3 is 0 Å². The maximum atomic E-state index is 12.2. The summed E-state index contributed by atoms with van der Waals surface area (Å²) in [6.07, 6.45) is 2.05. The summed E-state index contributed by atoms with van der Waals surface area (Å²) in [6.45, 7) is 9.93. The van der Waals surface area contributed by atoms with Crippen molar-refractivity contribution in [3.05, 3.63) is 27.7 Å². The van der Waals surface area contributed by atoms with E-state index in [-0.39, 0.29) is 18.0 Å². The predicted molar refractivity (Wildman–Crippen MR) is 82.3 cm³/mol. The molecule has 1 amide bonds. The Hall–Kier alpha value is -1.76. The molecule has 0 saturated heterocycles. The second-order valence-electron chi connectivity index (χ2n) is 5.40. The molecular formula is C14H21N5OS. The summed E-state index contributed by atoms with van der Waals surface area (Å²) in [7, 11) is 0. The second-order valence-corrected chi connectivity index (χ2v) is 6.69. The van der Waals surface area contributed by atoms with E-state index < -0.39 is 0 Å². The van der Waals surface area contributed by atoms with E-state index in [9.17, 15) is 4.79 Å². The Bertz CT molecular complexity index is 631. The highest BCUT2D eigenvalue weighted by atomic mass is 32.1. The van der Waals surface area contributed by atoms with Gasteiger partial charge in [-0.3, -0.25) is 4.79 Å². The molecule has 7 heteroatoms. The number of hydrogen-bond acceptors (Lipinski definition) is 5. The number of nitrogens with one attached hydrogen (secondary N) is 1. The van der Waals surface area contributed by atoms with E-state index in [1.54, 1.807) is 17.7 Å². The number of nitrogens with zero attached hydrogens (tertiary/aromatic N) is 4. The Morgan fingerprint density at radius 1 is 1.38 bits per heavy atom. The first-order valence-electron chi connectivity index (χ1n) is 7.00. The maximum absolute atomic E-state index is 12.2. The van der Waals surface area contributed by atoms with Crippen molar-refractivity contribution < 1.29 is 4.79 Å². The Kier molecular flexibility index (Phi) is 4.72. The van der Waals surface area contributed by atoms with E-state index in [1.165, 1.54) is 0 Å². The predicted octanol–water partition coefficient (Wildman–Crippen LogP) is 2.35. The molecular weight excluding hydrogens is 286 g/mol. The monoisotopic (exact) mass is 307 g/mol. The number of thiazole rings is 1. The topological polar surface area (TPSA) is 72.7 Å². The van der Waals surface area contributed by atoms with Crippen LogP contribution in [0, 0.1) is 13.8 Å². The molecule has 0 saturated carbocycles. The Morgan fingerprint density at radius 3 is 2.67 bits per heavy atom. The van der Waals surface area contributed by atoms with Crippen LogP contribution in [-0.2, 0) is 11.2 Å². The van der Waals surface area contributed by atoms with Crippen LogP contribution in [0.5, 0.6) is 0 Å². The van der Waals surface area contributed by atoms with Crippen LogP contribution < -0.4 is 5.32 Å². The SMILES string of the molecule is Cc1nc(C)c(CC(=O)N[C@@H](C)c2nncn2C(C)C)s1. The van der Waals surface area contributed by atoms with Gasteiger partial charge in [0.05, 0.1) is 23.2 Å². The van der Waals surface area contributed by atoms with E-state index >= 15 is 0 Å². The van der Waals surface area contributed by atoms with Crippen molar-refractivity contribution in [1.82, 2.24) is 25.1 Å². The molecule has 0 aliphatic rings. The molecule has 0 spiro atoms. The van der Waals surface area contributed by atoms with E-state index in [0.29, 0.717) is 6.42 Å². The average Bonchev–Trinajstić information content (AvgIpc) is 2.96. The molecule has 2 rings (SSSR count). The minimum Gasteiger partial charge on any atom is -0.346 e. The zero-order valence-corrected chi connectivity index (χ0v) is 13.9. The molecule has 0 fully saturated rings. The molecule has 1 N–H and O–H groups in total. The number of aromatic nitrogens is 4. The number of carbonyl (C=O) groups is 1. The minimum atomic E-state index is -0.170. The summed E-state index contributed by atoms with van der Waals surface area (Å²) < 4.78 is 1.97. The number of amides is 1. The normalized spacial score (nSPS) is 12.7. The smallest absolute Gasteiger partial charge is 0.225 e. The van der Waals surface area contributed by atoms with Gasteiger partial charge in [-0.15, -0.1) is 21.5 Å². The highest BCUT2D eigenvalue weighted by molar-refractivity contribution is 7.11. The van der Waals surface area contributed by atoms with Crippen LogP contribution in [0.4, 0.5) is 0 Å². The molecule has 1 atom stereocenters. The Balaban J connectivity index is 2.02. The molecule has 2 aromatic rings. The highest BCUT2D eigenvalue weighted by Gasteiger charge is 2.18. The lowest BCUT2D eigenvalue weighted by atomic mass is 10.2. The van der Waals surface area contributed by atoms with Crippen LogP contribution in [0.2, 0.25) is 0 Å². The van der Waals surface area contributed by atoms with Gasteiger partial charge in [0.1, 0.15) is 6.33 Å². The van der Waals surface area contributed by atoms with E-state index in [4.69, 9.17) is 0 Å². The molecule has 0 radical (unpaired) electrons. The van der Waals surface area contributed by atoms with Gasteiger partial charge in [0.25, 0.3) is 0 Å². The van der Waals surface area contributed by atoms with Gasteiger partial charge in [0.15, 0.2) is 5.82 Å². The van der Waals surface area contributed by atoms with Crippen LogP contribution >= 0.6 is 11.3 Å². The first kappa shape index (κ1) is 15.6. The van der Waals surface area contributed by atoms with E-state index in [0.717, 1.165) is 21.4 Å². The molecule has 6 nitrogen and oxygen atoms in total. The van der Waals surface area contributed by atoms with Crippen molar-refractivity contribution in [2.24, 2.45) is 0 Å². The summed E-state index contributed by atoms with van der Waals surface area (Å²) in [5, 5.41) is 12.0. The van der Waals surface area contributed by atoms with Crippen molar-refractivity contribution in [2.45, 2.75) is 53.1 Å². The maximum Gasteiger partial charge on any atom is 0.225 e. The lowest BCUT2D eigenvalue weighted by molar-refractivity contribution is -0.121. The Labute approximate surface area is 128 Å². The van der Waals surface area contributed by atoms with E-state index in [1.807, 2.05) is 25.3 Å². The van der Waals surface area contributed by atoms with Crippen LogP contribution in [0.15, 0.2) is 6.33 Å². The fourth-order valence-corrected chi connectivity index (χ4v) is 3.14. The molecule has 114 valence electrons. The average molecular weight is 307 g/mol. The van der Waals surface area contributed by atoms with Crippen LogP contribution in [0.25, 0.3) is 0 Å². The van der Waals surface area contributed by atoms with Crippen LogP contribution in [0.3, 0.4) is 0 Å². The van der Waals surface area contributed by atoms with Crippen molar-refractivity contribution in [3.63, 3.8) is 0 Å². The molecule has 0 unspecified atom stereocenters. The second kappa shape index (κ2) is 6.34. The number of carbonyl (C=O) groups excluding carboxylic acids is 1. The van der Waals surface area contributed by atoms with Crippen LogP contribution in [0.1, 0.15) is 54.3 Å². The number of aryl methyl sites for hydroxylation is 2. The lowest BCUT2D eigenvalue weighted by Gasteiger charge is -2.16. The van der Waals surface area contributed by atoms with Crippen molar-refractivity contribution in [2.75, 3.05) is 0 Å². The molecule has 0 aromatic carbocycles. The lowest BCUT2D eigenvalue weighted by Crippen LogP contribution is -2.30. The van der Waals surface area contributed by atoms with Gasteiger partial charge in [-0.1, -0.05) is 0 Å². The van der Waals surface area contributed by atoms with Crippen LogP contribution in [-0.4, -0.2) is 25.7 Å². The number of hydrogen-bond donors (Lipinski definition) is 1. The van der Waals surface area contributed by atoms with Crippen molar-refractivity contribution in [3.8, 4) is 0 Å². The summed E-state index contributed by atoms with van der Waals surface area (Å²) in [6, 6.07) is 0.0949. The molecule has 2 heterocycles. The van der Waals surface area contributed by atoms with Gasteiger partial charge in [0, 0.05) is 10.9 Å². The fourth-order valence-electron chi connectivity index (χ4n) is 2.20. The van der Waals surface area contributed by atoms with Gasteiger partial charge in [-0.25, -0.2) is 4.98 Å². The van der Waals surface area contributed by atoms with Gasteiger partial charge in [0.2, 0.25) is 5.91 Å². The fraction of sp³-hybridized carbons (Fsp3) is 0.571. The molecule has 2 aromatic heterocycles. The quantitative estimate of drug-likeness (QED) is 0.920. The zero-order chi connectivity index (χ0) is 15.6.